The molecule has 0 unspecified atom stereocenters. The molecule has 1 amide bonds. The van der Waals surface area contributed by atoms with Crippen LogP contribution >= 0.6 is 0 Å². The Morgan fingerprint density at radius 1 is 1.15 bits per heavy atom. The second-order valence-corrected chi connectivity index (χ2v) is 10.8. The minimum absolute atomic E-state index is 0.0599. The van der Waals surface area contributed by atoms with Crippen LogP contribution in [0.2, 0.25) is 0 Å². The van der Waals surface area contributed by atoms with Crippen molar-refractivity contribution in [1.29, 1.82) is 0 Å². The molecule has 1 aromatic carbocycles. The Kier molecular flexibility index (Phi) is 7.31. The second kappa shape index (κ2) is 10.7. The molecular weight excluding hydrogens is 500 g/mol. The number of alkyl carbamates (subject to hydrolysis) is 1. The minimum atomic E-state index is -0.596. The molecular formula is C29H34N4O6. The molecule has 2 aliphatic rings. The number of rotatable bonds is 7. The molecule has 0 bridgehead atoms. The molecule has 1 saturated carbocycles. The normalized spacial score (nSPS) is 14.7. The Morgan fingerprint density at radius 3 is 2.67 bits per heavy atom. The predicted octanol–water partition coefficient (Wildman–Crippen LogP) is 4.54. The molecule has 0 spiro atoms. The molecule has 3 aromatic rings. The topological polar surface area (TPSA) is 121 Å². The number of fused-ring (bicyclic) bond motifs is 5. The lowest BCUT2D eigenvalue weighted by atomic mass is 9.95. The molecule has 39 heavy (non-hydrogen) atoms. The fraction of sp³-hybridized carbons (Fsp3) is 0.448. The fourth-order valence-corrected chi connectivity index (χ4v) is 4.80. The van der Waals surface area contributed by atoms with Gasteiger partial charge in [-0.25, -0.2) is 14.6 Å². The second-order valence-electron chi connectivity index (χ2n) is 10.8. The van der Waals surface area contributed by atoms with Crippen molar-refractivity contribution < 1.29 is 23.8 Å². The molecule has 0 radical (unpaired) electrons. The first kappa shape index (κ1) is 26.7. The summed E-state index contributed by atoms with van der Waals surface area (Å²) < 4.78 is 18.5. The van der Waals surface area contributed by atoms with Gasteiger partial charge in [-0.3, -0.25) is 4.79 Å². The Labute approximate surface area is 226 Å². The highest BCUT2D eigenvalue weighted by Gasteiger charge is 2.30. The van der Waals surface area contributed by atoms with Crippen molar-refractivity contribution in [1.82, 2.24) is 14.9 Å². The summed E-state index contributed by atoms with van der Waals surface area (Å²) in [6.45, 7) is 8.96. The number of anilines is 1. The van der Waals surface area contributed by atoms with E-state index in [1.807, 2.05) is 39.1 Å². The Bertz CT molecular complexity index is 1490. The quantitative estimate of drug-likeness (QED) is 0.335. The number of carbonyl (C=O) groups excluding carboxylic acids is 2. The number of pyridine rings is 2. The van der Waals surface area contributed by atoms with E-state index in [1.165, 1.54) is 0 Å². The number of amides is 1. The zero-order chi connectivity index (χ0) is 27.7. The average Bonchev–Trinajstić information content (AvgIpc) is 3.73. The van der Waals surface area contributed by atoms with Gasteiger partial charge in [-0.15, -0.1) is 0 Å². The lowest BCUT2D eigenvalue weighted by Gasteiger charge is -2.19. The van der Waals surface area contributed by atoms with Crippen LogP contribution in [0, 0.1) is 0 Å². The molecule has 3 heterocycles. The zero-order valence-electron chi connectivity index (χ0n) is 22.8. The standard InChI is InChI=1S/C29H34N4O6/c1-5-38-27(35)22-14-33(18-6-7-18)25-20(26(22)34)9-8-19-21-13-32-24(12-17(21)15-37-16-23(19)25)30-10-11-31-28(36)39-29(2,3)4/h8-9,12-14,18H,5-7,10-11,15-16H2,1-4H3,(H,30,32)(H,31,36). The summed E-state index contributed by atoms with van der Waals surface area (Å²) in [7, 11) is 0. The van der Waals surface area contributed by atoms with Crippen LogP contribution in [0.25, 0.3) is 22.0 Å². The molecule has 1 aliphatic carbocycles. The van der Waals surface area contributed by atoms with Crippen LogP contribution in [-0.2, 0) is 27.4 Å². The van der Waals surface area contributed by atoms with Gasteiger partial charge in [0.1, 0.15) is 17.0 Å². The number of hydrogen-bond acceptors (Lipinski definition) is 8. The number of hydrogen-bond donors (Lipinski definition) is 2. The van der Waals surface area contributed by atoms with Crippen LogP contribution in [0.5, 0.6) is 0 Å². The van der Waals surface area contributed by atoms with Gasteiger partial charge in [0.2, 0.25) is 5.43 Å². The smallest absolute Gasteiger partial charge is 0.407 e. The summed E-state index contributed by atoms with van der Waals surface area (Å²) in [4.78, 5) is 42.3. The predicted molar refractivity (Wildman–Crippen MR) is 147 cm³/mol. The van der Waals surface area contributed by atoms with E-state index in [2.05, 4.69) is 20.2 Å². The van der Waals surface area contributed by atoms with Gasteiger partial charge in [0.05, 0.1) is 25.3 Å². The molecule has 10 heteroatoms. The molecule has 2 N–H and O–H groups in total. The van der Waals surface area contributed by atoms with E-state index in [0.717, 1.165) is 40.6 Å². The number of ether oxygens (including phenoxy) is 3. The summed E-state index contributed by atoms with van der Waals surface area (Å²) in [5, 5.41) is 6.44. The Hall–Kier alpha value is -3.92. The van der Waals surface area contributed by atoms with E-state index in [4.69, 9.17) is 14.2 Å². The third-order valence-electron chi connectivity index (χ3n) is 6.62. The van der Waals surface area contributed by atoms with Crippen LogP contribution in [0.4, 0.5) is 10.6 Å². The number of nitrogens with one attached hydrogen (secondary N) is 2. The van der Waals surface area contributed by atoms with Gasteiger partial charge in [-0.1, -0.05) is 6.07 Å². The van der Waals surface area contributed by atoms with Crippen molar-refractivity contribution in [2.24, 2.45) is 0 Å². The average molecular weight is 535 g/mol. The highest BCUT2D eigenvalue weighted by atomic mass is 16.6. The van der Waals surface area contributed by atoms with Crippen molar-refractivity contribution in [3.63, 3.8) is 0 Å². The summed E-state index contributed by atoms with van der Waals surface area (Å²) in [5.41, 5.74) is 3.76. The summed E-state index contributed by atoms with van der Waals surface area (Å²) >= 11 is 0. The van der Waals surface area contributed by atoms with Gasteiger partial charge in [-0.2, -0.15) is 0 Å². The van der Waals surface area contributed by atoms with Crippen LogP contribution in [0.3, 0.4) is 0 Å². The third kappa shape index (κ3) is 5.75. The first-order chi connectivity index (χ1) is 18.7. The SMILES string of the molecule is CCOC(=O)c1cn(C2CC2)c2c3c(ccc2c1=O)-c1cnc(NCCNC(=O)OC(C)(C)C)cc1COC3. The van der Waals surface area contributed by atoms with Gasteiger partial charge in [-0.05, 0) is 63.8 Å². The molecule has 0 saturated heterocycles. The molecule has 1 fully saturated rings. The molecule has 5 rings (SSSR count). The number of benzene rings is 1. The van der Waals surface area contributed by atoms with Crippen LogP contribution in [-0.4, -0.2) is 46.9 Å². The highest BCUT2D eigenvalue weighted by Crippen LogP contribution is 2.41. The van der Waals surface area contributed by atoms with Gasteiger partial charge in [0.25, 0.3) is 0 Å². The van der Waals surface area contributed by atoms with E-state index in [0.29, 0.717) is 37.5 Å². The van der Waals surface area contributed by atoms with Crippen molar-refractivity contribution in [2.45, 2.75) is 65.4 Å². The lowest BCUT2D eigenvalue weighted by molar-refractivity contribution is 0.0516. The van der Waals surface area contributed by atoms with E-state index < -0.39 is 17.7 Å². The summed E-state index contributed by atoms with van der Waals surface area (Å²) in [6, 6.07) is 5.88. The first-order valence-corrected chi connectivity index (χ1v) is 13.3. The monoisotopic (exact) mass is 534 g/mol. The van der Waals surface area contributed by atoms with Crippen LogP contribution in [0.15, 0.2) is 35.4 Å². The first-order valence-electron chi connectivity index (χ1n) is 13.3. The van der Waals surface area contributed by atoms with E-state index in [1.54, 1.807) is 19.2 Å². The third-order valence-corrected chi connectivity index (χ3v) is 6.62. The fourth-order valence-electron chi connectivity index (χ4n) is 4.80. The van der Waals surface area contributed by atoms with Crippen molar-refractivity contribution in [2.75, 3.05) is 25.0 Å². The van der Waals surface area contributed by atoms with E-state index in [-0.39, 0.29) is 23.6 Å². The van der Waals surface area contributed by atoms with Gasteiger partial charge >= 0.3 is 12.1 Å². The van der Waals surface area contributed by atoms with Crippen LogP contribution < -0.4 is 16.1 Å². The summed E-state index contributed by atoms with van der Waals surface area (Å²) in [6.07, 6.45) is 4.98. The molecule has 1 aliphatic heterocycles. The number of carbonyl (C=O) groups is 2. The van der Waals surface area contributed by atoms with Crippen LogP contribution in [0.1, 0.15) is 68.1 Å². The molecule has 10 nitrogen and oxygen atoms in total. The van der Waals surface area contributed by atoms with Gasteiger partial charge in [0, 0.05) is 48.0 Å². The number of nitrogens with zero attached hydrogens (tertiary/aromatic N) is 2. The molecule has 206 valence electrons. The lowest BCUT2D eigenvalue weighted by Crippen LogP contribution is -2.35. The Morgan fingerprint density at radius 2 is 1.95 bits per heavy atom. The highest BCUT2D eigenvalue weighted by molar-refractivity contribution is 5.96. The maximum Gasteiger partial charge on any atom is 0.407 e. The zero-order valence-corrected chi connectivity index (χ0v) is 22.8. The largest absolute Gasteiger partial charge is 0.462 e. The molecule has 2 aromatic heterocycles. The summed E-state index contributed by atoms with van der Waals surface area (Å²) in [5.74, 6) is 0.0717. The van der Waals surface area contributed by atoms with Gasteiger partial charge in [0.15, 0.2) is 0 Å². The van der Waals surface area contributed by atoms with E-state index >= 15 is 0 Å². The number of aromatic nitrogens is 2. The minimum Gasteiger partial charge on any atom is -0.462 e. The van der Waals surface area contributed by atoms with Crippen molar-refractivity contribution in [3.8, 4) is 11.1 Å². The number of esters is 1. The van der Waals surface area contributed by atoms with Crippen molar-refractivity contribution in [3.05, 3.63) is 57.5 Å². The maximum absolute atomic E-state index is 13.3. The van der Waals surface area contributed by atoms with Crippen molar-refractivity contribution >= 4 is 28.8 Å². The molecule has 0 atom stereocenters. The maximum atomic E-state index is 13.3. The van der Waals surface area contributed by atoms with Gasteiger partial charge < -0.3 is 29.4 Å². The van der Waals surface area contributed by atoms with E-state index in [9.17, 15) is 14.4 Å². The Balaban J connectivity index is 1.43.